The standard InChI is InChI=1S/C19H14ClN3O5S/c1-11-2-5-13(6-3-11)21-17(24)10-22-18(25)16(29-19(22)26)9-12-4-7-14(20)15(8-12)23(27)28/h2-9H,10H2,1H3,(H,21,24)/b16-9-. The van der Waals surface area contributed by atoms with Crippen molar-refractivity contribution in [1.82, 2.24) is 4.90 Å². The van der Waals surface area contributed by atoms with Crippen LogP contribution in [0, 0.1) is 17.0 Å². The maximum absolute atomic E-state index is 12.5. The van der Waals surface area contributed by atoms with E-state index in [0.717, 1.165) is 10.5 Å². The Kier molecular flexibility index (Phi) is 6.00. The second-order valence-corrected chi connectivity index (χ2v) is 7.55. The van der Waals surface area contributed by atoms with Gasteiger partial charge in [-0.15, -0.1) is 0 Å². The van der Waals surface area contributed by atoms with E-state index in [0.29, 0.717) is 23.0 Å². The largest absolute Gasteiger partial charge is 0.325 e. The van der Waals surface area contributed by atoms with Gasteiger partial charge >= 0.3 is 0 Å². The summed E-state index contributed by atoms with van der Waals surface area (Å²) in [6, 6.07) is 11.1. The molecule has 0 aliphatic carbocycles. The van der Waals surface area contributed by atoms with Gasteiger partial charge in [-0.2, -0.15) is 0 Å². The first-order chi connectivity index (χ1) is 13.7. The normalized spacial score (nSPS) is 15.1. The molecular formula is C19H14ClN3O5S. The van der Waals surface area contributed by atoms with E-state index in [1.807, 2.05) is 19.1 Å². The van der Waals surface area contributed by atoms with Gasteiger partial charge in [0.2, 0.25) is 5.91 Å². The molecule has 3 rings (SSSR count). The van der Waals surface area contributed by atoms with Crippen LogP contribution in [0.5, 0.6) is 0 Å². The Labute approximate surface area is 174 Å². The van der Waals surface area contributed by atoms with Gasteiger partial charge in [-0.1, -0.05) is 35.4 Å². The van der Waals surface area contributed by atoms with E-state index in [1.54, 1.807) is 12.1 Å². The SMILES string of the molecule is Cc1ccc(NC(=O)CN2C(=O)S/C(=C\c3ccc(Cl)c([N+](=O)[O-])c3)C2=O)cc1. The lowest BCUT2D eigenvalue weighted by atomic mass is 10.2. The molecule has 8 nitrogen and oxygen atoms in total. The van der Waals surface area contributed by atoms with Gasteiger partial charge in [0.05, 0.1) is 9.83 Å². The van der Waals surface area contributed by atoms with Crippen LogP contribution in [0.2, 0.25) is 5.02 Å². The minimum absolute atomic E-state index is 0.0342. The van der Waals surface area contributed by atoms with Crippen LogP contribution in [0.4, 0.5) is 16.2 Å². The summed E-state index contributed by atoms with van der Waals surface area (Å²) in [5, 5.41) is 13.0. The fourth-order valence-corrected chi connectivity index (χ4v) is 3.55. The van der Waals surface area contributed by atoms with Gasteiger partial charge in [-0.3, -0.25) is 29.4 Å². The van der Waals surface area contributed by atoms with Crippen LogP contribution in [0.25, 0.3) is 6.08 Å². The number of imide groups is 1. The van der Waals surface area contributed by atoms with E-state index in [2.05, 4.69) is 5.32 Å². The first kappa shape index (κ1) is 20.6. The van der Waals surface area contributed by atoms with Crippen LogP contribution in [0.1, 0.15) is 11.1 Å². The highest BCUT2D eigenvalue weighted by Gasteiger charge is 2.36. The number of rotatable bonds is 5. The summed E-state index contributed by atoms with van der Waals surface area (Å²) in [5.74, 6) is -1.16. The van der Waals surface area contributed by atoms with Crippen LogP contribution in [-0.4, -0.2) is 33.4 Å². The Hall–Kier alpha value is -3.17. The summed E-state index contributed by atoms with van der Waals surface area (Å²) in [6.07, 6.45) is 1.35. The van der Waals surface area contributed by atoms with Gasteiger partial charge < -0.3 is 5.32 Å². The van der Waals surface area contributed by atoms with Crippen molar-refractivity contribution in [2.24, 2.45) is 0 Å². The van der Waals surface area contributed by atoms with Gasteiger partial charge in [-0.05, 0) is 48.5 Å². The number of nitrogens with zero attached hydrogens (tertiary/aromatic N) is 2. The van der Waals surface area contributed by atoms with Crippen LogP contribution >= 0.6 is 23.4 Å². The van der Waals surface area contributed by atoms with Crippen molar-refractivity contribution >= 4 is 57.9 Å². The lowest BCUT2D eigenvalue weighted by Gasteiger charge is -2.12. The molecule has 1 saturated heterocycles. The minimum atomic E-state index is -0.642. The summed E-state index contributed by atoms with van der Waals surface area (Å²) in [7, 11) is 0. The van der Waals surface area contributed by atoms with Crippen LogP contribution < -0.4 is 5.32 Å². The molecular weight excluding hydrogens is 418 g/mol. The minimum Gasteiger partial charge on any atom is -0.325 e. The average molecular weight is 432 g/mol. The quantitative estimate of drug-likeness (QED) is 0.431. The third-order valence-corrected chi connectivity index (χ3v) is 5.20. The number of carbonyl (C=O) groups is 3. The van der Waals surface area contributed by atoms with Crippen molar-refractivity contribution in [3.8, 4) is 0 Å². The average Bonchev–Trinajstić information content (AvgIpc) is 2.92. The van der Waals surface area contributed by atoms with Crippen LogP contribution in [0.15, 0.2) is 47.4 Å². The number of amides is 3. The molecule has 0 unspecified atom stereocenters. The number of benzene rings is 2. The first-order valence-electron chi connectivity index (χ1n) is 8.30. The van der Waals surface area contributed by atoms with E-state index in [4.69, 9.17) is 11.6 Å². The van der Waals surface area contributed by atoms with Crippen molar-refractivity contribution in [2.75, 3.05) is 11.9 Å². The van der Waals surface area contributed by atoms with E-state index in [1.165, 1.54) is 24.3 Å². The maximum Gasteiger partial charge on any atom is 0.294 e. The summed E-state index contributed by atoms with van der Waals surface area (Å²) < 4.78 is 0. The summed E-state index contributed by atoms with van der Waals surface area (Å²) in [6.45, 7) is 1.48. The molecule has 0 atom stereocenters. The number of nitrogens with one attached hydrogen (secondary N) is 1. The van der Waals surface area contributed by atoms with E-state index in [9.17, 15) is 24.5 Å². The molecule has 1 N–H and O–H groups in total. The first-order valence-corrected chi connectivity index (χ1v) is 9.50. The number of carbonyl (C=O) groups excluding carboxylic acids is 3. The topological polar surface area (TPSA) is 110 Å². The van der Waals surface area contributed by atoms with Gasteiger partial charge in [0.1, 0.15) is 11.6 Å². The molecule has 3 amide bonds. The number of nitro benzene ring substituents is 1. The number of thioether (sulfide) groups is 1. The van der Waals surface area contributed by atoms with Crippen molar-refractivity contribution in [2.45, 2.75) is 6.92 Å². The number of hydrogen-bond donors (Lipinski definition) is 1. The van der Waals surface area contributed by atoms with Crippen molar-refractivity contribution in [1.29, 1.82) is 0 Å². The number of nitro groups is 1. The lowest BCUT2D eigenvalue weighted by Crippen LogP contribution is -2.36. The molecule has 148 valence electrons. The Balaban J connectivity index is 1.73. The number of aryl methyl sites for hydroxylation is 1. The van der Waals surface area contributed by atoms with E-state index >= 15 is 0 Å². The summed E-state index contributed by atoms with van der Waals surface area (Å²) in [5.41, 5.74) is 1.62. The Morgan fingerprint density at radius 1 is 1.24 bits per heavy atom. The molecule has 0 bridgehead atoms. The van der Waals surface area contributed by atoms with Gasteiger partial charge in [0, 0.05) is 11.8 Å². The predicted molar refractivity (Wildman–Crippen MR) is 111 cm³/mol. The monoisotopic (exact) mass is 431 g/mol. The molecule has 29 heavy (non-hydrogen) atoms. The highest BCUT2D eigenvalue weighted by molar-refractivity contribution is 8.18. The fraction of sp³-hybridized carbons (Fsp3) is 0.105. The van der Waals surface area contributed by atoms with Gasteiger partial charge in [0.25, 0.3) is 16.8 Å². The van der Waals surface area contributed by atoms with Crippen molar-refractivity contribution in [3.63, 3.8) is 0 Å². The van der Waals surface area contributed by atoms with E-state index < -0.39 is 28.5 Å². The molecule has 0 spiro atoms. The zero-order valence-electron chi connectivity index (χ0n) is 15.0. The van der Waals surface area contributed by atoms with E-state index in [-0.39, 0.29) is 15.6 Å². The third kappa shape index (κ3) is 4.82. The summed E-state index contributed by atoms with van der Waals surface area (Å²) in [4.78, 5) is 48.1. The molecule has 10 heteroatoms. The molecule has 0 radical (unpaired) electrons. The number of hydrogen-bond acceptors (Lipinski definition) is 6. The van der Waals surface area contributed by atoms with Crippen LogP contribution in [-0.2, 0) is 9.59 Å². The lowest BCUT2D eigenvalue weighted by molar-refractivity contribution is -0.384. The number of halogens is 1. The smallest absolute Gasteiger partial charge is 0.294 e. The molecule has 2 aromatic rings. The fourth-order valence-electron chi connectivity index (χ4n) is 2.53. The molecule has 1 fully saturated rings. The molecule has 1 heterocycles. The van der Waals surface area contributed by atoms with Gasteiger partial charge in [-0.25, -0.2) is 0 Å². The zero-order chi connectivity index (χ0) is 21.1. The number of anilines is 1. The van der Waals surface area contributed by atoms with Gasteiger partial charge in [0.15, 0.2) is 0 Å². The Morgan fingerprint density at radius 2 is 1.93 bits per heavy atom. The maximum atomic E-state index is 12.5. The second kappa shape index (κ2) is 8.46. The van der Waals surface area contributed by atoms with Crippen molar-refractivity contribution in [3.05, 3.63) is 73.6 Å². The summed E-state index contributed by atoms with van der Waals surface area (Å²) >= 11 is 6.43. The zero-order valence-corrected chi connectivity index (χ0v) is 16.6. The molecule has 1 aliphatic rings. The highest BCUT2D eigenvalue weighted by atomic mass is 35.5. The second-order valence-electron chi connectivity index (χ2n) is 6.15. The predicted octanol–water partition coefficient (Wildman–Crippen LogP) is 4.23. The molecule has 0 aromatic heterocycles. The Morgan fingerprint density at radius 3 is 2.59 bits per heavy atom. The van der Waals surface area contributed by atoms with Crippen molar-refractivity contribution < 1.29 is 19.3 Å². The Bertz CT molecular complexity index is 1050. The molecule has 1 aliphatic heterocycles. The third-order valence-electron chi connectivity index (χ3n) is 3.98. The molecule has 0 saturated carbocycles. The molecule has 2 aromatic carbocycles. The highest BCUT2D eigenvalue weighted by Crippen LogP contribution is 2.33. The van der Waals surface area contributed by atoms with Crippen LogP contribution in [0.3, 0.4) is 0 Å².